The molecule has 0 aliphatic heterocycles. The van der Waals surface area contributed by atoms with Crippen LogP contribution in [0.3, 0.4) is 0 Å². The first-order chi connectivity index (χ1) is 9.85. The number of rotatable bonds is 3. The number of hydrogen-bond donors (Lipinski definition) is 1. The molecule has 108 valence electrons. The van der Waals surface area contributed by atoms with Crippen molar-refractivity contribution in [3.8, 4) is 6.07 Å². The van der Waals surface area contributed by atoms with E-state index in [9.17, 15) is 12.8 Å². The van der Waals surface area contributed by atoms with E-state index in [1.807, 2.05) is 6.07 Å². The maximum atomic E-state index is 13.6. The maximum Gasteiger partial charge on any atom is 0.262 e. The predicted molar refractivity (Wildman–Crippen MR) is 78.1 cm³/mol. The first-order valence-corrected chi connectivity index (χ1v) is 7.69. The monoisotopic (exact) mass is 324 g/mol. The molecule has 2 aromatic carbocycles. The summed E-state index contributed by atoms with van der Waals surface area (Å²) in [6, 6.07) is 9.83. The molecular formula is C14H10ClFN2O2S. The van der Waals surface area contributed by atoms with E-state index in [-0.39, 0.29) is 15.6 Å². The second kappa shape index (κ2) is 5.72. The number of hydrogen-bond acceptors (Lipinski definition) is 3. The van der Waals surface area contributed by atoms with Crippen molar-refractivity contribution >= 4 is 27.3 Å². The zero-order chi connectivity index (χ0) is 15.6. The minimum atomic E-state index is -3.99. The van der Waals surface area contributed by atoms with Gasteiger partial charge in [-0.1, -0.05) is 17.7 Å². The van der Waals surface area contributed by atoms with Crippen LogP contribution in [0.5, 0.6) is 0 Å². The Morgan fingerprint density at radius 1 is 1.29 bits per heavy atom. The fourth-order valence-corrected chi connectivity index (χ4v) is 3.16. The molecule has 0 bridgehead atoms. The van der Waals surface area contributed by atoms with Gasteiger partial charge >= 0.3 is 0 Å². The van der Waals surface area contributed by atoms with Crippen LogP contribution in [-0.2, 0) is 10.0 Å². The summed E-state index contributed by atoms with van der Waals surface area (Å²) in [6.45, 7) is 1.62. The van der Waals surface area contributed by atoms with Gasteiger partial charge in [0.15, 0.2) is 0 Å². The Kier molecular flexibility index (Phi) is 4.16. The second-order valence-electron chi connectivity index (χ2n) is 4.29. The van der Waals surface area contributed by atoms with Crippen LogP contribution >= 0.6 is 11.6 Å². The Morgan fingerprint density at radius 2 is 2.00 bits per heavy atom. The van der Waals surface area contributed by atoms with Crippen molar-refractivity contribution in [2.24, 2.45) is 0 Å². The SMILES string of the molecule is Cc1cc(S(=O)(=O)Nc2c(F)cccc2Cl)ccc1C#N. The van der Waals surface area contributed by atoms with Gasteiger partial charge in [-0.3, -0.25) is 4.72 Å². The Balaban J connectivity index is 2.44. The quantitative estimate of drug-likeness (QED) is 0.940. The van der Waals surface area contributed by atoms with Gasteiger partial charge in [0.2, 0.25) is 0 Å². The number of anilines is 1. The third kappa shape index (κ3) is 3.15. The lowest BCUT2D eigenvalue weighted by Gasteiger charge is -2.11. The number of nitriles is 1. The van der Waals surface area contributed by atoms with Gasteiger partial charge in [-0.05, 0) is 42.8 Å². The number of nitrogens with zero attached hydrogens (tertiary/aromatic N) is 1. The molecule has 21 heavy (non-hydrogen) atoms. The Bertz CT molecular complexity index is 824. The molecule has 0 fully saturated rings. The molecule has 4 nitrogen and oxygen atoms in total. The largest absolute Gasteiger partial charge is 0.275 e. The zero-order valence-electron chi connectivity index (χ0n) is 10.9. The van der Waals surface area contributed by atoms with Crippen LogP contribution in [0.15, 0.2) is 41.3 Å². The number of benzene rings is 2. The zero-order valence-corrected chi connectivity index (χ0v) is 12.5. The van der Waals surface area contributed by atoms with Crippen LogP contribution < -0.4 is 4.72 Å². The summed E-state index contributed by atoms with van der Waals surface area (Å²) < 4.78 is 40.2. The Morgan fingerprint density at radius 3 is 2.57 bits per heavy atom. The molecule has 7 heteroatoms. The summed E-state index contributed by atoms with van der Waals surface area (Å²) in [5, 5.41) is 8.80. The topological polar surface area (TPSA) is 70.0 Å². The standard InChI is InChI=1S/C14H10ClFN2O2S/c1-9-7-11(6-5-10(9)8-17)21(19,20)18-14-12(15)3-2-4-13(14)16/h2-7,18H,1H3. The molecule has 0 aliphatic carbocycles. The number of para-hydroxylation sites is 1. The van der Waals surface area contributed by atoms with Gasteiger partial charge in [0.25, 0.3) is 10.0 Å². The molecule has 0 spiro atoms. The normalized spacial score (nSPS) is 11.0. The molecule has 0 atom stereocenters. The van der Waals surface area contributed by atoms with Gasteiger partial charge in [0.1, 0.15) is 11.5 Å². The van der Waals surface area contributed by atoms with Crippen LogP contribution in [0, 0.1) is 24.1 Å². The lowest BCUT2D eigenvalue weighted by Crippen LogP contribution is -2.14. The highest BCUT2D eigenvalue weighted by Crippen LogP contribution is 2.27. The summed E-state index contributed by atoms with van der Waals surface area (Å²) >= 11 is 5.79. The van der Waals surface area contributed by atoms with Crippen LogP contribution in [-0.4, -0.2) is 8.42 Å². The minimum absolute atomic E-state index is 0.0380. The third-order valence-corrected chi connectivity index (χ3v) is 4.49. The molecule has 0 aromatic heterocycles. The fourth-order valence-electron chi connectivity index (χ4n) is 1.72. The van der Waals surface area contributed by atoms with Crippen molar-refractivity contribution in [1.82, 2.24) is 0 Å². The van der Waals surface area contributed by atoms with E-state index < -0.39 is 15.8 Å². The fraction of sp³-hybridized carbons (Fsp3) is 0.0714. The lowest BCUT2D eigenvalue weighted by molar-refractivity contribution is 0.598. The van der Waals surface area contributed by atoms with Crippen LogP contribution in [0.1, 0.15) is 11.1 Å². The Hall–Kier alpha value is -2.10. The first kappa shape index (κ1) is 15.3. The van der Waals surface area contributed by atoms with Crippen LogP contribution in [0.4, 0.5) is 10.1 Å². The van der Waals surface area contributed by atoms with E-state index in [0.29, 0.717) is 11.1 Å². The van der Waals surface area contributed by atoms with E-state index in [2.05, 4.69) is 4.72 Å². The Labute approximate surface area is 126 Å². The van der Waals surface area contributed by atoms with Crippen molar-refractivity contribution < 1.29 is 12.8 Å². The molecule has 0 radical (unpaired) electrons. The predicted octanol–water partition coefficient (Wildman–Crippen LogP) is 3.46. The van der Waals surface area contributed by atoms with Crippen LogP contribution in [0.2, 0.25) is 5.02 Å². The molecule has 0 unspecified atom stereocenters. The van der Waals surface area contributed by atoms with Crippen molar-refractivity contribution in [2.45, 2.75) is 11.8 Å². The summed E-state index contributed by atoms with van der Waals surface area (Å²) in [5.74, 6) is -0.767. The van der Waals surface area contributed by atoms with Crippen molar-refractivity contribution in [3.05, 3.63) is 58.4 Å². The summed E-state index contributed by atoms with van der Waals surface area (Å²) in [4.78, 5) is -0.0710. The second-order valence-corrected chi connectivity index (χ2v) is 6.38. The number of nitrogens with one attached hydrogen (secondary N) is 1. The van der Waals surface area contributed by atoms with Gasteiger partial charge in [-0.25, -0.2) is 12.8 Å². The molecule has 0 saturated heterocycles. The van der Waals surface area contributed by atoms with Crippen molar-refractivity contribution in [2.75, 3.05) is 4.72 Å². The first-order valence-electron chi connectivity index (χ1n) is 5.83. The summed E-state index contributed by atoms with van der Waals surface area (Å²) in [6.07, 6.45) is 0. The average molecular weight is 325 g/mol. The van der Waals surface area contributed by atoms with Crippen molar-refractivity contribution in [3.63, 3.8) is 0 Å². The van der Waals surface area contributed by atoms with E-state index >= 15 is 0 Å². The van der Waals surface area contributed by atoms with Gasteiger partial charge < -0.3 is 0 Å². The highest BCUT2D eigenvalue weighted by molar-refractivity contribution is 7.92. The molecule has 1 N–H and O–H groups in total. The smallest absolute Gasteiger partial charge is 0.262 e. The summed E-state index contributed by atoms with van der Waals surface area (Å²) in [7, 11) is -3.99. The van der Waals surface area contributed by atoms with E-state index in [4.69, 9.17) is 16.9 Å². The molecule has 2 aromatic rings. The number of halogens is 2. The maximum absolute atomic E-state index is 13.6. The van der Waals surface area contributed by atoms with Gasteiger partial charge in [-0.15, -0.1) is 0 Å². The average Bonchev–Trinajstić information content (AvgIpc) is 2.43. The third-order valence-electron chi connectivity index (χ3n) is 2.83. The molecular weight excluding hydrogens is 315 g/mol. The van der Waals surface area contributed by atoms with E-state index in [1.54, 1.807) is 6.92 Å². The van der Waals surface area contributed by atoms with Gasteiger partial charge in [0.05, 0.1) is 21.6 Å². The number of sulfonamides is 1. The van der Waals surface area contributed by atoms with Gasteiger partial charge in [-0.2, -0.15) is 5.26 Å². The molecule has 0 heterocycles. The number of aryl methyl sites for hydroxylation is 1. The highest BCUT2D eigenvalue weighted by Gasteiger charge is 2.19. The van der Waals surface area contributed by atoms with E-state index in [1.165, 1.54) is 30.3 Å². The molecule has 0 amide bonds. The molecule has 0 saturated carbocycles. The molecule has 2 rings (SSSR count). The van der Waals surface area contributed by atoms with E-state index in [0.717, 1.165) is 6.07 Å². The molecule has 0 aliphatic rings. The van der Waals surface area contributed by atoms with Crippen LogP contribution in [0.25, 0.3) is 0 Å². The summed E-state index contributed by atoms with van der Waals surface area (Å²) in [5.41, 5.74) is 0.582. The minimum Gasteiger partial charge on any atom is -0.275 e. The lowest BCUT2D eigenvalue weighted by atomic mass is 10.1. The highest BCUT2D eigenvalue weighted by atomic mass is 35.5. The van der Waals surface area contributed by atoms with Gasteiger partial charge in [0, 0.05) is 0 Å². The van der Waals surface area contributed by atoms with Crippen molar-refractivity contribution in [1.29, 1.82) is 5.26 Å².